The Morgan fingerprint density at radius 3 is 2.59 bits per heavy atom. The van der Waals surface area contributed by atoms with Gasteiger partial charge < -0.3 is 4.90 Å². The van der Waals surface area contributed by atoms with Crippen molar-refractivity contribution >= 4 is 27.3 Å². The van der Waals surface area contributed by atoms with E-state index >= 15 is 0 Å². The maximum Gasteiger partial charge on any atom is 0.243 e. The second-order valence-electron chi connectivity index (χ2n) is 7.65. The minimum absolute atomic E-state index is 0.0327. The predicted molar refractivity (Wildman–Crippen MR) is 109 cm³/mol. The zero-order valence-corrected chi connectivity index (χ0v) is 17.7. The molecule has 9 heteroatoms. The van der Waals surface area contributed by atoms with Crippen molar-refractivity contribution in [2.24, 2.45) is 5.92 Å². The Labute approximate surface area is 174 Å². The summed E-state index contributed by atoms with van der Waals surface area (Å²) in [5.74, 6) is -0.523. The average molecular weight is 438 g/mol. The number of likely N-dealkylation sites (tertiary alicyclic amines) is 1. The number of halogens is 1. The highest BCUT2D eigenvalue weighted by molar-refractivity contribution is 7.89. The molecule has 2 aromatic rings. The molecule has 4 rings (SSSR count). The topological polar surface area (TPSA) is 70.6 Å². The lowest BCUT2D eigenvalue weighted by Gasteiger charge is -2.37. The van der Waals surface area contributed by atoms with Crippen LogP contribution in [0.4, 0.5) is 4.39 Å². The smallest absolute Gasteiger partial charge is 0.243 e. The molecule has 2 aliphatic rings. The number of sulfonamides is 1. The second kappa shape index (κ2) is 8.49. The van der Waals surface area contributed by atoms with Crippen molar-refractivity contribution < 1.29 is 17.6 Å². The van der Waals surface area contributed by atoms with Crippen LogP contribution in [0.1, 0.15) is 36.6 Å². The first-order valence-electron chi connectivity index (χ1n) is 9.89. The number of carbonyl (C=O) groups is 1. The second-order valence-corrected chi connectivity index (χ2v) is 10.5. The van der Waals surface area contributed by atoms with Crippen LogP contribution in [-0.4, -0.2) is 54.7 Å². The highest BCUT2D eigenvalue weighted by atomic mass is 32.2. The van der Waals surface area contributed by atoms with Gasteiger partial charge in [0.2, 0.25) is 15.9 Å². The first-order chi connectivity index (χ1) is 13.9. The van der Waals surface area contributed by atoms with Crippen LogP contribution >= 0.6 is 11.3 Å². The van der Waals surface area contributed by atoms with E-state index in [0.717, 1.165) is 30.0 Å². The van der Waals surface area contributed by atoms with Crippen LogP contribution < -0.4 is 0 Å². The number of rotatable bonds is 4. The van der Waals surface area contributed by atoms with Gasteiger partial charge in [0.1, 0.15) is 5.82 Å². The van der Waals surface area contributed by atoms with E-state index in [-0.39, 0.29) is 29.2 Å². The Bertz CT molecular complexity index is 948. The van der Waals surface area contributed by atoms with Gasteiger partial charge in [-0.25, -0.2) is 17.8 Å². The molecular formula is C20H24FN3O3S2. The molecule has 1 amide bonds. The number of hydrogen-bond acceptors (Lipinski definition) is 5. The van der Waals surface area contributed by atoms with Crippen molar-refractivity contribution in [3.8, 4) is 0 Å². The standard InChI is InChI=1S/C20H24FN3O3S2/c21-17-5-7-18(8-6-17)29(26,27)24-11-2-4-16(14-24)20(25)23-10-1-3-15(13-23)19-22-9-12-28-19/h5-9,12,15-16H,1-4,10-11,13-14H2. The highest BCUT2D eigenvalue weighted by Gasteiger charge is 2.36. The van der Waals surface area contributed by atoms with Gasteiger partial charge in [0, 0.05) is 43.7 Å². The minimum Gasteiger partial charge on any atom is -0.342 e. The molecule has 0 aliphatic carbocycles. The molecular weight excluding hydrogens is 413 g/mol. The summed E-state index contributed by atoms with van der Waals surface area (Å²) in [6.07, 6.45) is 5.07. The van der Waals surface area contributed by atoms with E-state index in [1.165, 1.54) is 16.4 Å². The highest BCUT2D eigenvalue weighted by Crippen LogP contribution is 2.31. The Kier molecular flexibility index (Phi) is 5.98. The van der Waals surface area contributed by atoms with Gasteiger partial charge in [0.25, 0.3) is 0 Å². The molecule has 1 aromatic heterocycles. The van der Waals surface area contributed by atoms with Crippen molar-refractivity contribution in [3.63, 3.8) is 0 Å². The third-order valence-corrected chi connectivity index (χ3v) is 8.54. The molecule has 3 heterocycles. The summed E-state index contributed by atoms with van der Waals surface area (Å²) in [5.41, 5.74) is 0. The summed E-state index contributed by atoms with van der Waals surface area (Å²) >= 11 is 1.62. The fraction of sp³-hybridized carbons (Fsp3) is 0.500. The van der Waals surface area contributed by atoms with Gasteiger partial charge in [-0.1, -0.05) is 0 Å². The average Bonchev–Trinajstić information content (AvgIpc) is 3.29. The molecule has 2 fully saturated rings. The van der Waals surface area contributed by atoms with Gasteiger partial charge in [-0.05, 0) is 49.9 Å². The van der Waals surface area contributed by atoms with Gasteiger partial charge in [0.05, 0.1) is 15.8 Å². The number of benzene rings is 1. The predicted octanol–water partition coefficient (Wildman–Crippen LogP) is 3.09. The number of carbonyl (C=O) groups excluding carboxylic acids is 1. The lowest BCUT2D eigenvalue weighted by Crippen LogP contribution is -2.48. The van der Waals surface area contributed by atoms with Crippen molar-refractivity contribution in [3.05, 3.63) is 46.7 Å². The molecule has 6 nitrogen and oxygen atoms in total. The van der Waals surface area contributed by atoms with Crippen LogP contribution in [0, 0.1) is 11.7 Å². The normalized spacial score (nSPS) is 23.8. The fourth-order valence-electron chi connectivity index (χ4n) is 4.19. The molecule has 156 valence electrons. The molecule has 0 N–H and O–H groups in total. The monoisotopic (exact) mass is 437 g/mol. The zero-order valence-electron chi connectivity index (χ0n) is 16.0. The van der Waals surface area contributed by atoms with Gasteiger partial charge in [-0.2, -0.15) is 4.31 Å². The van der Waals surface area contributed by atoms with Crippen LogP contribution in [0.15, 0.2) is 40.7 Å². The van der Waals surface area contributed by atoms with Gasteiger partial charge >= 0.3 is 0 Å². The first kappa shape index (κ1) is 20.4. The summed E-state index contributed by atoms with van der Waals surface area (Å²) in [6.45, 7) is 1.91. The lowest BCUT2D eigenvalue weighted by atomic mass is 9.94. The quantitative estimate of drug-likeness (QED) is 0.737. The van der Waals surface area contributed by atoms with Crippen LogP contribution in [0.2, 0.25) is 0 Å². The first-order valence-corrected chi connectivity index (χ1v) is 12.2. The minimum atomic E-state index is -3.73. The van der Waals surface area contributed by atoms with E-state index in [1.807, 2.05) is 10.3 Å². The number of thiazole rings is 1. The Balaban J connectivity index is 1.45. The molecule has 29 heavy (non-hydrogen) atoms. The van der Waals surface area contributed by atoms with Crippen LogP contribution in [0.5, 0.6) is 0 Å². The number of amides is 1. The van der Waals surface area contributed by atoms with Gasteiger partial charge in [0.15, 0.2) is 0 Å². The van der Waals surface area contributed by atoms with Crippen LogP contribution in [0.3, 0.4) is 0 Å². The zero-order chi connectivity index (χ0) is 20.4. The molecule has 0 radical (unpaired) electrons. The maximum atomic E-state index is 13.2. The summed E-state index contributed by atoms with van der Waals surface area (Å²) < 4.78 is 40.4. The lowest BCUT2D eigenvalue weighted by molar-refractivity contribution is -0.138. The number of nitrogens with zero attached hydrogens (tertiary/aromatic N) is 3. The SMILES string of the molecule is O=C(C1CCCN(S(=O)(=O)c2ccc(F)cc2)C1)N1CCCC(c2nccs2)C1. The van der Waals surface area contributed by atoms with Crippen LogP contribution in [0.25, 0.3) is 0 Å². The Morgan fingerprint density at radius 2 is 1.86 bits per heavy atom. The van der Waals surface area contributed by atoms with Gasteiger partial charge in [-0.15, -0.1) is 11.3 Å². The molecule has 0 saturated carbocycles. The molecule has 0 spiro atoms. The third-order valence-electron chi connectivity index (χ3n) is 5.72. The molecule has 2 saturated heterocycles. The molecule has 2 aliphatic heterocycles. The third kappa shape index (κ3) is 4.36. The van der Waals surface area contributed by atoms with E-state index < -0.39 is 15.8 Å². The van der Waals surface area contributed by atoms with E-state index in [2.05, 4.69) is 4.98 Å². The van der Waals surface area contributed by atoms with Crippen LogP contribution in [-0.2, 0) is 14.8 Å². The number of piperidine rings is 2. The van der Waals surface area contributed by atoms with E-state index in [9.17, 15) is 17.6 Å². The van der Waals surface area contributed by atoms with Crippen molar-refractivity contribution in [2.45, 2.75) is 36.5 Å². The molecule has 2 unspecified atom stereocenters. The van der Waals surface area contributed by atoms with E-state index in [1.54, 1.807) is 17.5 Å². The molecule has 1 aromatic carbocycles. The summed E-state index contributed by atoms with van der Waals surface area (Å²) in [7, 11) is -3.73. The Hall–Kier alpha value is -1.84. The summed E-state index contributed by atoms with van der Waals surface area (Å²) in [4.78, 5) is 19.5. The number of hydrogen-bond donors (Lipinski definition) is 0. The van der Waals surface area contributed by atoms with E-state index in [4.69, 9.17) is 0 Å². The molecule has 2 atom stereocenters. The summed E-state index contributed by atoms with van der Waals surface area (Å²) in [5, 5.41) is 3.02. The molecule has 0 bridgehead atoms. The van der Waals surface area contributed by atoms with E-state index in [0.29, 0.717) is 32.5 Å². The fourth-order valence-corrected chi connectivity index (χ4v) is 6.48. The largest absolute Gasteiger partial charge is 0.342 e. The number of aromatic nitrogens is 1. The Morgan fingerprint density at radius 1 is 1.10 bits per heavy atom. The van der Waals surface area contributed by atoms with Crippen molar-refractivity contribution in [1.82, 2.24) is 14.2 Å². The summed E-state index contributed by atoms with van der Waals surface area (Å²) in [6, 6.07) is 4.84. The van der Waals surface area contributed by atoms with Crippen molar-refractivity contribution in [2.75, 3.05) is 26.2 Å². The van der Waals surface area contributed by atoms with Crippen molar-refractivity contribution in [1.29, 1.82) is 0 Å². The van der Waals surface area contributed by atoms with Gasteiger partial charge in [-0.3, -0.25) is 4.79 Å². The maximum absolute atomic E-state index is 13.2.